The van der Waals surface area contributed by atoms with Crippen LogP contribution in [0, 0.1) is 0 Å². The number of aromatic amines is 1. The molecule has 4 aromatic heterocycles. The predicted molar refractivity (Wildman–Crippen MR) is 129 cm³/mol. The second-order valence-electron chi connectivity index (χ2n) is 8.27. The summed E-state index contributed by atoms with van der Waals surface area (Å²) in [6.07, 6.45) is 8.43. The third-order valence-electron chi connectivity index (χ3n) is 6.12. The average Bonchev–Trinajstić information content (AvgIpc) is 3.60. The average molecular weight is 477 g/mol. The number of hydrogen-bond donors (Lipinski definition) is 3. The van der Waals surface area contributed by atoms with Crippen molar-refractivity contribution in [3.8, 4) is 11.3 Å². The van der Waals surface area contributed by atoms with Crippen LogP contribution < -0.4 is 11.1 Å². The molecule has 0 unspecified atom stereocenters. The summed E-state index contributed by atoms with van der Waals surface area (Å²) in [5.41, 5.74) is 8.92. The van der Waals surface area contributed by atoms with E-state index in [2.05, 4.69) is 20.3 Å². The summed E-state index contributed by atoms with van der Waals surface area (Å²) in [4.78, 5) is 31.2. The monoisotopic (exact) mass is 476 g/mol. The maximum atomic E-state index is 12.8. The fourth-order valence-electron chi connectivity index (χ4n) is 4.52. The van der Waals surface area contributed by atoms with Crippen LogP contribution in [0.3, 0.4) is 0 Å². The van der Waals surface area contributed by atoms with Crippen LogP contribution in [0.25, 0.3) is 27.8 Å². The van der Waals surface area contributed by atoms with Gasteiger partial charge in [0.15, 0.2) is 17.2 Å². The van der Waals surface area contributed by atoms with E-state index in [0.717, 1.165) is 29.3 Å². The van der Waals surface area contributed by atoms with Crippen LogP contribution in [-0.2, 0) is 0 Å². The number of nitrogens with one attached hydrogen (secondary N) is 2. The lowest BCUT2D eigenvalue weighted by atomic mass is 10.1. The fourth-order valence-corrected chi connectivity index (χ4v) is 4.80. The summed E-state index contributed by atoms with van der Waals surface area (Å²) in [6, 6.07) is 7.97. The van der Waals surface area contributed by atoms with Gasteiger partial charge in [0.05, 0.1) is 0 Å². The first-order valence-electron chi connectivity index (χ1n) is 10.9. The molecule has 6 rings (SSSR count). The van der Waals surface area contributed by atoms with E-state index in [4.69, 9.17) is 26.7 Å². The Hall–Kier alpha value is -4.05. The number of H-pyrrole nitrogens is 1. The Morgan fingerprint density at radius 3 is 3.03 bits per heavy atom. The van der Waals surface area contributed by atoms with Crippen molar-refractivity contribution in [3.63, 3.8) is 0 Å². The quantitative estimate of drug-likeness (QED) is 0.359. The minimum Gasteiger partial charge on any atom is -0.431 e. The van der Waals surface area contributed by atoms with Crippen LogP contribution >= 0.6 is 11.6 Å². The maximum Gasteiger partial charge on any atom is 0.292 e. The number of nitrogens with two attached hydrogens (primary N) is 1. The number of carbonyl (C=O) groups is 1. The van der Waals surface area contributed by atoms with Crippen molar-refractivity contribution in [2.45, 2.75) is 18.9 Å². The molecular formula is C23H21ClN8O2. The van der Waals surface area contributed by atoms with E-state index in [9.17, 15) is 4.79 Å². The highest BCUT2D eigenvalue weighted by Crippen LogP contribution is 2.34. The van der Waals surface area contributed by atoms with Crippen LogP contribution in [0.2, 0.25) is 5.15 Å². The van der Waals surface area contributed by atoms with Crippen LogP contribution in [0.15, 0.2) is 53.5 Å². The van der Waals surface area contributed by atoms with E-state index >= 15 is 0 Å². The number of nitrogens with zero attached hydrogens (tertiary/aromatic N) is 5. The molecule has 172 valence electrons. The molecule has 1 amide bonds. The molecule has 0 radical (unpaired) electrons. The number of nitrogen functional groups attached to an aromatic ring is 1. The zero-order chi connectivity index (χ0) is 23.2. The molecule has 1 aromatic carbocycles. The Morgan fingerprint density at radius 2 is 2.18 bits per heavy atom. The van der Waals surface area contributed by atoms with Gasteiger partial charge in [-0.25, -0.2) is 9.97 Å². The number of likely N-dealkylation sites (tertiary alicyclic amines) is 1. The van der Waals surface area contributed by atoms with Gasteiger partial charge in [0.2, 0.25) is 0 Å². The van der Waals surface area contributed by atoms with Crippen molar-refractivity contribution >= 4 is 45.9 Å². The Kier molecular flexibility index (Phi) is 4.88. The SMILES string of the molecule is Nc1nc(C(=O)N2CCC[C@H](Nc3nc(-c4c[nH]c5ccccc45)c(Cl)n4ccnc34)C2)co1. The molecule has 34 heavy (non-hydrogen) atoms. The Bertz CT molecular complexity index is 1520. The smallest absolute Gasteiger partial charge is 0.292 e. The van der Waals surface area contributed by atoms with Gasteiger partial charge in [-0.3, -0.25) is 9.20 Å². The number of para-hydroxylation sites is 1. The highest BCUT2D eigenvalue weighted by atomic mass is 35.5. The van der Waals surface area contributed by atoms with E-state index in [1.807, 2.05) is 41.1 Å². The molecule has 5 aromatic rings. The number of halogens is 1. The lowest BCUT2D eigenvalue weighted by Gasteiger charge is -2.33. The van der Waals surface area contributed by atoms with Crippen molar-refractivity contribution in [1.29, 1.82) is 0 Å². The van der Waals surface area contributed by atoms with Crippen molar-refractivity contribution in [2.75, 3.05) is 24.1 Å². The maximum absolute atomic E-state index is 12.8. The molecule has 0 bridgehead atoms. The Balaban J connectivity index is 1.33. The lowest BCUT2D eigenvalue weighted by molar-refractivity contribution is 0.0709. The van der Waals surface area contributed by atoms with Gasteiger partial charge in [0.1, 0.15) is 17.1 Å². The molecule has 1 atom stereocenters. The summed E-state index contributed by atoms with van der Waals surface area (Å²) in [6.45, 7) is 1.13. The zero-order valence-corrected chi connectivity index (χ0v) is 18.8. The highest BCUT2D eigenvalue weighted by Gasteiger charge is 2.28. The lowest BCUT2D eigenvalue weighted by Crippen LogP contribution is -2.45. The molecule has 10 nitrogen and oxygen atoms in total. The molecule has 0 aliphatic carbocycles. The number of amides is 1. The molecule has 0 spiro atoms. The van der Waals surface area contributed by atoms with E-state index in [0.29, 0.717) is 35.4 Å². The normalized spacial score (nSPS) is 16.4. The molecular weight excluding hydrogens is 456 g/mol. The molecule has 11 heteroatoms. The van der Waals surface area contributed by atoms with Crippen LogP contribution in [0.1, 0.15) is 23.3 Å². The molecule has 1 aliphatic heterocycles. The number of fused-ring (bicyclic) bond motifs is 2. The zero-order valence-electron chi connectivity index (χ0n) is 18.0. The van der Waals surface area contributed by atoms with Gasteiger partial charge in [0.25, 0.3) is 11.9 Å². The number of hydrogen-bond acceptors (Lipinski definition) is 7. The van der Waals surface area contributed by atoms with E-state index in [-0.39, 0.29) is 23.7 Å². The number of benzene rings is 1. The third kappa shape index (κ3) is 3.43. The fraction of sp³-hybridized carbons (Fsp3) is 0.217. The molecule has 1 aliphatic rings. The van der Waals surface area contributed by atoms with Gasteiger partial charge >= 0.3 is 0 Å². The van der Waals surface area contributed by atoms with Gasteiger partial charge in [-0.1, -0.05) is 29.8 Å². The van der Waals surface area contributed by atoms with E-state index < -0.39 is 0 Å². The van der Waals surface area contributed by atoms with Gasteiger partial charge < -0.3 is 25.4 Å². The van der Waals surface area contributed by atoms with Gasteiger partial charge in [0, 0.05) is 54.2 Å². The highest BCUT2D eigenvalue weighted by molar-refractivity contribution is 6.32. The van der Waals surface area contributed by atoms with Crippen LogP contribution in [0.4, 0.5) is 11.8 Å². The van der Waals surface area contributed by atoms with Gasteiger partial charge in [-0.05, 0) is 18.9 Å². The first-order valence-corrected chi connectivity index (χ1v) is 11.3. The minimum absolute atomic E-state index is 0.0213. The van der Waals surface area contributed by atoms with E-state index in [1.54, 1.807) is 11.1 Å². The second-order valence-corrected chi connectivity index (χ2v) is 8.63. The second kappa shape index (κ2) is 8.07. The van der Waals surface area contributed by atoms with Crippen LogP contribution in [-0.4, -0.2) is 54.3 Å². The number of oxazole rings is 1. The van der Waals surface area contributed by atoms with Crippen molar-refractivity contribution < 1.29 is 9.21 Å². The van der Waals surface area contributed by atoms with Crippen molar-refractivity contribution in [1.82, 2.24) is 29.2 Å². The van der Waals surface area contributed by atoms with Crippen LogP contribution in [0.5, 0.6) is 0 Å². The summed E-state index contributed by atoms with van der Waals surface area (Å²) < 4.78 is 6.81. The minimum atomic E-state index is -0.207. The third-order valence-corrected chi connectivity index (χ3v) is 6.48. The summed E-state index contributed by atoms with van der Waals surface area (Å²) in [7, 11) is 0. The first kappa shape index (κ1) is 20.5. The number of piperidine rings is 1. The number of anilines is 2. The van der Waals surface area contributed by atoms with Gasteiger partial charge in [-0.2, -0.15) is 4.98 Å². The molecule has 0 saturated carbocycles. The standard InChI is InChI=1S/C23H21ClN8O2/c24-19-18(15-10-27-16-6-2-1-5-14(15)16)30-20(21-26-7-9-32(19)21)28-13-4-3-8-31(11-13)22(33)17-12-34-23(25)29-17/h1-2,5-7,9-10,12-13,27H,3-4,8,11H2,(H2,25,29)(H,28,30)/t13-/m0/s1. The van der Waals surface area contributed by atoms with Crippen molar-refractivity contribution in [2.24, 2.45) is 0 Å². The summed E-state index contributed by atoms with van der Waals surface area (Å²) in [5, 5.41) is 5.01. The predicted octanol–water partition coefficient (Wildman–Crippen LogP) is 3.82. The Morgan fingerprint density at radius 1 is 1.29 bits per heavy atom. The molecule has 1 fully saturated rings. The largest absolute Gasteiger partial charge is 0.431 e. The molecule has 5 heterocycles. The first-order chi connectivity index (χ1) is 16.6. The van der Waals surface area contributed by atoms with E-state index in [1.165, 1.54) is 6.26 Å². The topological polar surface area (TPSA) is 130 Å². The van der Waals surface area contributed by atoms with Crippen molar-refractivity contribution in [3.05, 3.63) is 60.0 Å². The number of imidazole rings is 1. The van der Waals surface area contributed by atoms with Gasteiger partial charge in [-0.15, -0.1) is 0 Å². The Labute approximate surface area is 198 Å². The number of aromatic nitrogens is 5. The number of carbonyl (C=O) groups excluding carboxylic acids is 1. The number of rotatable bonds is 4. The molecule has 1 saturated heterocycles. The summed E-state index contributed by atoms with van der Waals surface area (Å²) >= 11 is 6.76. The summed E-state index contributed by atoms with van der Waals surface area (Å²) in [5.74, 6) is 0.404. The molecule has 4 N–H and O–H groups in total.